The predicted octanol–water partition coefficient (Wildman–Crippen LogP) is 6.94. The molecule has 0 N–H and O–H groups in total. The third kappa shape index (κ3) is 4.00. The molecule has 0 aliphatic rings. The topological polar surface area (TPSA) is 4.93 Å². The minimum atomic E-state index is 0.494. The molecule has 0 atom stereocenters. The minimum absolute atomic E-state index is 0.494. The summed E-state index contributed by atoms with van der Waals surface area (Å²) in [7, 11) is 0. The monoisotopic (exact) mass is 295 g/mol. The summed E-state index contributed by atoms with van der Waals surface area (Å²) in [5.74, 6) is 0. The molecule has 0 unspecified atom stereocenters. The van der Waals surface area contributed by atoms with Crippen molar-refractivity contribution >= 4 is 10.9 Å². The van der Waals surface area contributed by atoms with E-state index >= 15 is 0 Å². The fourth-order valence-corrected chi connectivity index (χ4v) is 2.41. The molecule has 1 nitrogen and oxygen atoms in total. The van der Waals surface area contributed by atoms with Gasteiger partial charge in [0, 0.05) is 17.8 Å². The van der Waals surface area contributed by atoms with E-state index in [1.807, 2.05) is 27.7 Å². The SMILES string of the molecule is CC.CC.CC(C)n1ccc2ccc(-c3ccccc3)cc21. The second-order valence-corrected chi connectivity index (χ2v) is 4.96. The molecular weight excluding hydrogens is 266 g/mol. The van der Waals surface area contributed by atoms with Crippen molar-refractivity contribution in [1.82, 2.24) is 4.57 Å². The maximum absolute atomic E-state index is 2.32. The zero-order valence-electron chi connectivity index (χ0n) is 14.8. The quantitative estimate of drug-likeness (QED) is 0.482. The van der Waals surface area contributed by atoms with E-state index in [1.54, 1.807) is 0 Å². The Morgan fingerprint density at radius 2 is 1.36 bits per heavy atom. The molecule has 2 aromatic carbocycles. The van der Waals surface area contributed by atoms with Crippen LogP contribution in [0.2, 0.25) is 0 Å². The van der Waals surface area contributed by atoms with Crippen LogP contribution in [0.15, 0.2) is 60.8 Å². The molecule has 3 aromatic rings. The number of hydrogen-bond donors (Lipinski definition) is 0. The first-order valence-electron chi connectivity index (χ1n) is 8.42. The molecule has 0 bridgehead atoms. The Kier molecular flexibility index (Phi) is 7.45. The van der Waals surface area contributed by atoms with Gasteiger partial charge < -0.3 is 4.57 Å². The van der Waals surface area contributed by atoms with Gasteiger partial charge in [-0.25, -0.2) is 0 Å². The standard InChI is InChI=1S/C17H17N.2C2H6/c1-13(2)18-11-10-15-8-9-16(12-17(15)18)14-6-4-3-5-7-14;2*1-2/h3-13H,1-2H3;2*1-2H3. The van der Waals surface area contributed by atoms with E-state index in [0.29, 0.717) is 6.04 Å². The molecule has 0 spiro atoms. The van der Waals surface area contributed by atoms with Crippen molar-refractivity contribution in [2.75, 3.05) is 0 Å². The Balaban J connectivity index is 0.000000561. The van der Waals surface area contributed by atoms with E-state index in [0.717, 1.165) is 0 Å². The summed E-state index contributed by atoms with van der Waals surface area (Å²) in [6, 6.07) is 19.9. The van der Waals surface area contributed by atoms with Crippen LogP contribution in [0.1, 0.15) is 47.6 Å². The van der Waals surface area contributed by atoms with Crippen LogP contribution in [0.25, 0.3) is 22.0 Å². The summed E-state index contributed by atoms with van der Waals surface area (Å²) in [4.78, 5) is 0. The third-order valence-corrected chi connectivity index (χ3v) is 3.39. The summed E-state index contributed by atoms with van der Waals surface area (Å²) in [5, 5.41) is 1.31. The number of nitrogens with zero attached hydrogens (tertiary/aromatic N) is 1. The van der Waals surface area contributed by atoms with Gasteiger partial charge in [0.25, 0.3) is 0 Å². The second kappa shape index (κ2) is 9.09. The van der Waals surface area contributed by atoms with Crippen LogP contribution in [0.3, 0.4) is 0 Å². The van der Waals surface area contributed by atoms with Gasteiger partial charge in [-0.2, -0.15) is 0 Å². The molecule has 1 heterocycles. The molecule has 0 amide bonds. The molecule has 0 radical (unpaired) electrons. The van der Waals surface area contributed by atoms with Gasteiger partial charge in [0.15, 0.2) is 0 Å². The van der Waals surface area contributed by atoms with Crippen molar-refractivity contribution < 1.29 is 0 Å². The van der Waals surface area contributed by atoms with E-state index in [4.69, 9.17) is 0 Å². The average molecular weight is 295 g/mol. The van der Waals surface area contributed by atoms with Gasteiger partial charge in [-0.15, -0.1) is 0 Å². The van der Waals surface area contributed by atoms with Crippen LogP contribution in [-0.2, 0) is 0 Å². The van der Waals surface area contributed by atoms with Crippen molar-refractivity contribution in [3.8, 4) is 11.1 Å². The molecule has 22 heavy (non-hydrogen) atoms. The summed E-state index contributed by atoms with van der Waals surface area (Å²) in [6.45, 7) is 12.4. The smallest absolute Gasteiger partial charge is 0.0488 e. The first-order valence-corrected chi connectivity index (χ1v) is 8.42. The van der Waals surface area contributed by atoms with Crippen molar-refractivity contribution in [2.24, 2.45) is 0 Å². The van der Waals surface area contributed by atoms with E-state index in [2.05, 4.69) is 79.2 Å². The Morgan fingerprint density at radius 1 is 0.727 bits per heavy atom. The number of hydrogen-bond acceptors (Lipinski definition) is 0. The Hall–Kier alpha value is -2.02. The fraction of sp³-hybridized carbons (Fsp3) is 0.333. The van der Waals surface area contributed by atoms with Gasteiger partial charge in [-0.05, 0) is 42.5 Å². The number of benzene rings is 2. The fourth-order valence-electron chi connectivity index (χ4n) is 2.41. The molecule has 0 aliphatic heterocycles. The van der Waals surface area contributed by atoms with Crippen molar-refractivity contribution in [2.45, 2.75) is 47.6 Å². The first-order chi connectivity index (χ1) is 10.8. The zero-order chi connectivity index (χ0) is 16.5. The number of fused-ring (bicyclic) bond motifs is 1. The summed E-state index contributed by atoms with van der Waals surface area (Å²) in [6.07, 6.45) is 2.17. The maximum atomic E-state index is 2.32. The summed E-state index contributed by atoms with van der Waals surface area (Å²) < 4.78 is 2.32. The van der Waals surface area contributed by atoms with Gasteiger partial charge in [-0.3, -0.25) is 0 Å². The highest BCUT2D eigenvalue weighted by Gasteiger charge is 2.05. The van der Waals surface area contributed by atoms with Gasteiger partial charge in [-0.1, -0.05) is 70.2 Å². The molecule has 0 aliphatic carbocycles. The van der Waals surface area contributed by atoms with Gasteiger partial charge in [0.2, 0.25) is 0 Å². The third-order valence-electron chi connectivity index (χ3n) is 3.39. The lowest BCUT2D eigenvalue weighted by Crippen LogP contribution is -1.97. The van der Waals surface area contributed by atoms with E-state index in [-0.39, 0.29) is 0 Å². The molecule has 0 saturated heterocycles. The Labute approximate surface area is 135 Å². The van der Waals surface area contributed by atoms with Crippen LogP contribution in [0.4, 0.5) is 0 Å². The molecule has 3 rings (SSSR count). The predicted molar refractivity (Wildman–Crippen MR) is 100 cm³/mol. The summed E-state index contributed by atoms with van der Waals surface area (Å²) >= 11 is 0. The van der Waals surface area contributed by atoms with Gasteiger partial charge >= 0.3 is 0 Å². The average Bonchev–Trinajstić information content (AvgIpc) is 3.02. The molecule has 0 fully saturated rings. The van der Waals surface area contributed by atoms with Gasteiger partial charge in [0.05, 0.1) is 0 Å². The van der Waals surface area contributed by atoms with Crippen molar-refractivity contribution in [3.63, 3.8) is 0 Å². The lowest BCUT2D eigenvalue weighted by atomic mass is 10.0. The van der Waals surface area contributed by atoms with E-state index in [9.17, 15) is 0 Å². The highest BCUT2D eigenvalue weighted by molar-refractivity contribution is 5.85. The highest BCUT2D eigenvalue weighted by Crippen LogP contribution is 2.26. The van der Waals surface area contributed by atoms with Gasteiger partial charge in [0.1, 0.15) is 0 Å². The Bertz CT molecular complexity index is 663. The molecule has 1 aromatic heterocycles. The molecule has 1 heteroatoms. The summed E-state index contributed by atoms with van der Waals surface area (Å²) in [5.41, 5.74) is 3.87. The number of rotatable bonds is 2. The van der Waals surface area contributed by atoms with Crippen LogP contribution < -0.4 is 0 Å². The molecule has 118 valence electrons. The zero-order valence-corrected chi connectivity index (χ0v) is 14.8. The second-order valence-electron chi connectivity index (χ2n) is 4.96. The van der Waals surface area contributed by atoms with Crippen LogP contribution in [0, 0.1) is 0 Å². The first kappa shape index (κ1) is 18.0. The molecule has 0 saturated carbocycles. The van der Waals surface area contributed by atoms with Crippen LogP contribution in [-0.4, -0.2) is 4.57 Å². The molecular formula is C21H29N. The van der Waals surface area contributed by atoms with E-state index < -0.39 is 0 Å². The minimum Gasteiger partial charge on any atom is -0.345 e. The van der Waals surface area contributed by atoms with Crippen LogP contribution >= 0.6 is 0 Å². The number of aromatic nitrogens is 1. The van der Waals surface area contributed by atoms with Crippen molar-refractivity contribution in [1.29, 1.82) is 0 Å². The maximum Gasteiger partial charge on any atom is 0.0488 e. The Morgan fingerprint density at radius 3 is 1.95 bits per heavy atom. The lowest BCUT2D eigenvalue weighted by molar-refractivity contribution is 0.623. The van der Waals surface area contributed by atoms with Crippen LogP contribution in [0.5, 0.6) is 0 Å². The lowest BCUT2D eigenvalue weighted by Gasteiger charge is -2.10. The van der Waals surface area contributed by atoms with Crippen molar-refractivity contribution in [3.05, 3.63) is 60.8 Å². The normalized spacial score (nSPS) is 9.77. The van der Waals surface area contributed by atoms with E-state index in [1.165, 1.54) is 22.0 Å². The highest BCUT2D eigenvalue weighted by atomic mass is 15.0. The largest absolute Gasteiger partial charge is 0.345 e.